The van der Waals surface area contributed by atoms with E-state index in [-0.39, 0.29) is 35.1 Å². The van der Waals surface area contributed by atoms with Gasteiger partial charge in [-0.15, -0.1) is 0 Å². The summed E-state index contributed by atoms with van der Waals surface area (Å²) < 4.78 is 18.6. The molecule has 1 aliphatic rings. The molecular formula is C103H148FNO3. The van der Waals surface area contributed by atoms with E-state index in [0.29, 0.717) is 44.3 Å². The molecule has 0 aliphatic carbocycles. The Kier molecular flexibility index (Phi) is 37.3. The molecule has 9 aromatic rings. The van der Waals surface area contributed by atoms with Gasteiger partial charge in [0.1, 0.15) is 11.6 Å². The van der Waals surface area contributed by atoms with Crippen LogP contribution in [0.3, 0.4) is 0 Å². The van der Waals surface area contributed by atoms with Gasteiger partial charge in [0, 0.05) is 24.9 Å². The second-order valence-corrected chi connectivity index (χ2v) is 39.8. The molecule has 1 heterocycles. The third-order valence-electron chi connectivity index (χ3n) is 19.1. The fourth-order valence-electron chi connectivity index (χ4n) is 12.5. The van der Waals surface area contributed by atoms with E-state index in [1.807, 2.05) is 42.5 Å². The van der Waals surface area contributed by atoms with Crippen molar-refractivity contribution < 1.29 is 19.0 Å². The summed E-state index contributed by atoms with van der Waals surface area (Å²) in [5.41, 5.74) is 20.7. The van der Waals surface area contributed by atoms with E-state index in [0.717, 1.165) is 55.7 Å². The monoisotopic (exact) mass is 1470 g/mol. The van der Waals surface area contributed by atoms with Gasteiger partial charge in [0.25, 0.3) is 0 Å². The first-order valence-electron chi connectivity index (χ1n) is 39.9. The number of carbonyl (C=O) groups excluding carboxylic acids is 1. The Bertz CT molecular complexity index is 4040. The van der Waals surface area contributed by atoms with Crippen LogP contribution in [0, 0.1) is 76.8 Å². The number of anilines is 1. The highest BCUT2D eigenvalue weighted by molar-refractivity contribution is 5.88. The maximum Gasteiger partial charge on any atom is 0.221 e. The molecule has 3 atom stereocenters. The number of carbonyl (C=O) groups is 1. The zero-order valence-electron chi connectivity index (χ0n) is 73.7. The average Bonchev–Trinajstić information content (AvgIpc) is 0.953. The first-order chi connectivity index (χ1) is 49.7. The van der Waals surface area contributed by atoms with Crippen molar-refractivity contribution in [2.24, 2.45) is 43.3 Å². The summed E-state index contributed by atoms with van der Waals surface area (Å²) >= 11 is 0. The standard InChI is InChI=1S/C16H20.C13H19NO.C13H18O.2C13H20.C12H18O.C12H18.C11H15F/c1-12(16(2,3)4)14-10-9-13-7-5-6-8-15(13)11-14;1-10(15)14-12-7-5-11(6-8-12)9-13(2,3)4;1-13(2,3)9-10-4-5-12-11(8-10)6-7-14-12;1-10-6-8-12(9-7-10)11(2)13(3,4)5;1-10-6-7-11(2)12(8-10)9-13(3,4)5;1-12(2,3)11(9-13)10-7-5-4-6-8-10;1-10-5-7-11(8-6-10)9-12(2,3)4;1-11(2,3)8-9-6-4-5-7-10(9)12/h5-12H,1-4H3;5-8H,9H2,1-4H3,(H,14,15);4-5,8H,6-7,9H2,1-3H3;6-9,11H,1-5H3;6-8H,9H2,1-5H3;4-8,11,13H,9H2,1-3H3;5-8H,9H2,1-4H3;4-7H,8H2,1-3H3. The zero-order chi connectivity index (χ0) is 81.8. The maximum absolute atomic E-state index is 13.1. The van der Waals surface area contributed by atoms with Crippen LogP contribution in [0.15, 0.2) is 206 Å². The van der Waals surface area contributed by atoms with Crippen molar-refractivity contribution in [1.82, 2.24) is 0 Å². The quantitative estimate of drug-likeness (QED) is 0.143. The predicted molar refractivity (Wildman–Crippen MR) is 472 cm³/mol. The van der Waals surface area contributed by atoms with E-state index in [1.54, 1.807) is 6.07 Å². The molecule has 2 N–H and O–H groups in total. The molecule has 3 unspecified atom stereocenters. The summed E-state index contributed by atoms with van der Waals surface area (Å²) in [7, 11) is 0. The Labute approximate surface area is 660 Å². The molecule has 0 saturated heterocycles. The minimum absolute atomic E-state index is 0.0291. The summed E-state index contributed by atoms with van der Waals surface area (Å²) in [4.78, 5) is 10.8. The molecule has 10 rings (SSSR count). The second kappa shape index (κ2) is 42.5. The fraction of sp³-hybridized carbons (Fsp3) is 0.485. The number of aliphatic hydroxyl groups excluding tert-OH is 1. The normalized spacial score (nSPS) is 13.0. The van der Waals surface area contributed by atoms with Gasteiger partial charge in [-0.3, -0.25) is 4.79 Å². The number of benzene rings is 9. The number of hydrogen-bond donors (Lipinski definition) is 2. The molecule has 1 aliphatic heterocycles. The summed E-state index contributed by atoms with van der Waals surface area (Å²) in [5, 5.41) is 14.7. The second-order valence-electron chi connectivity index (χ2n) is 39.8. The number of aryl methyl sites for hydroxylation is 4. The number of rotatable bonds is 10. The summed E-state index contributed by atoms with van der Waals surface area (Å²) in [6.45, 7) is 69.5. The number of hydrogen-bond acceptors (Lipinski definition) is 3. The molecule has 0 aromatic heterocycles. The largest absolute Gasteiger partial charge is 0.493 e. The van der Waals surface area contributed by atoms with Crippen molar-refractivity contribution in [2.45, 2.75) is 271 Å². The Morgan fingerprint density at radius 2 is 0.824 bits per heavy atom. The Morgan fingerprint density at radius 1 is 0.407 bits per heavy atom. The highest BCUT2D eigenvalue weighted by Crippen LogP contribution is 2.38. The van der Waals surface area contributed by atoms with Crippen LogP contribution < -0.4 is 10.1 Å². The topological polar surface area (TPSA) is 58.6 Å². The highest BCUT2D eigenvalue weighted by atomic mass is 19.1. The third kappa shape index (κ3) is 39.2. The number of halogens is 1. The summed E-state index contributed by atoms with van der Waals surface area (Å²) in [6.07, 6.45) is 6.38. The van der Waals surface area contributed by atoms with Crippen LogP contribution in [0.1, 0.15) is 277 Å². The van der Waals surface area contributed by atoms with Crippen molar-refractivity contribution in [3.05, 3.63) is 284 Å². The molecular weight excluding hydrogens is 1320 g/mol. The van der Waals surface area contributed by atoms with Crippen LogP contribution >= 0.6 is 0 Å². The van der Waals surface area contributed by atoms with E-state index >= 15 is 0 Å². The number of amides is 1. The molecule has 0 radical (unpaired) electrons. The van der Waals surface area contributed by atoms with Crippen molar-refractivity contribution in [1.29, 1.82) is 0 Å². The smallest absolute Gasteiger partial charge is 0.221 e. The summed E-state index contributed by atoms with van der Waals surface area (Å²) in [5.74, 6) is 2.40. The SMILES string of the molecule is CC(=O)Nc1ccc(CC(C)(C)C)cc1.CC(C)(C)C(CO)c1ccccc1.CC(C)(C)Cc1ccc2c(c1)CCO2.CC(C)(C)Cc1ccccc1F.CC(c1ccc2ccccc2c1)C(C)(C)C.Cc1ccc(C(C)C(C)(C)C)cc1.Cc1ccc(C)c(CC(C)(C)C)c1.Cc1ccc(CC(C)(C)C)cc1. The number of ether oxygens (including phenoxy) is 1. The minimum atomic E-state index is -0.0903. The first kappa shape index (κ1) is 94.6. The van der Waals surface area contributed by atoms with Gasteiger partial charge in [0.2, 0.25) is 5.91 Å². The van der Waals surface area contributed by atoms with Gasteiger partial charge < -0.3 is 15.2 Å². The number of fused-ring (bicyclic) bond motifs is 2. The Hall–Kier alpha value is -7.60. The van der Waals surface area contributed by atoms with E-state index in [9.17, 15) is 14.3 Å². The lowest BCUT2D eigenvalue weighted by molar-refractivity contribution is -0.114. The Balaban J connectivity index is 0.000000321. The van der Waals surface area contributed by atoms with Crippen LogP contribution in [-0.4, -0.2) is 24.2 Å². The summed E-state index contributed by atoms with van der Waals surface area (Å²) in [6, 6.07) is 71.5. The molecule has 590 valence electrons. The van der Waals surface area contributed by atoms with Crippen molar-refractivity contribution >= 4 is 22.4 Å². The fourth-order valence-corrected chi connectivity index (χ4v) is 12.5. The molecule has 0 fully saturated rings. The molecule has 5 heteroatoms. The van der Waals surface area contributed by atoms with Gasteiger partial charge in [-0.05, 0) is 206 Å². The lowest BCUT2D eigenvalue weighted by Crippen LogP contribution is -2.21. The highest BCUT2D eigenvalue weighted by Gasteiger charge is 2.26. The van der Waals surface area contributed by atoms with Gasteiger partial charge >= 0.3 is 0 Å². The van der Waals surface area contributed by atoms with Crippen LogP contribution in [0.25, 0.3) is 10.8 Å². The van der Waals surface area contributed by atoms with Crippen LogP contribution in [-0.2, 0) is 43.3 Å². The minimum Gasteiger partial charge on any atom is -0.493 e. The van der Waals surface area contributed by atoms with E-state index in [4.69, 9.17) is 4.74 Å². The average molecular weight is 1470 g/mol. The molecule has 1 amide bonds. The van der Waals surface area contributed by atoms with Crippen LogP contribution in [0.4, 0.5) is 10.1 Å². The zero-order valence-corrected chi connectivity index (χ0v) is 73.7. The van der Waals surface area contributed by atoms with Crippen LogP contribution in [0.2, 0.25) is 0 Å². The van der Waals surface area contributed by atoms with Crippen LogP contribution in [0.5, 0.6) is 5.75 Å². The van der Waals surface area contributed by atoms with Crippen molar-refractivity contribution in [2.75, 3.05) is 18.5 Å². The molecule has 4 nitrogen and oxygen atoms in total. The first-order valence-corrected chi connectivity index (χ1v) is 39.9. The molecule has 108 heavy (non-hydrogen) atoms. The molecule has 0 saturated carbocycles. The lowest BCUT2D eigenvalue weighted by atomic mass is 9.77. The molecule has 0 spiro atoms. The number of aliphatic hydroxyl groups is 1. The van der Waals surface area contributed by atoms with Gasteiger partial charge in [-0.2, -0.15) is 0 Å². The van der Waals surface area contributed by atoms with E-state index in [1.165, 1.54) is 96.9 Å². The predicted octanol–water partition coefficient (Wildman–Crippen LogP) is 29.3. The Morgan fingerprint density at radius 3 is 1.30 bits per heavy atom. The third-order valence-corrected chi connectivity index (χ3v) is 19.1. The van der Waals surface area contributed by atoms with Crippen molar-refractivity contribution in [3.63, 3.8) is 0 Å². The van der Waals surface area contributed by atoms with E-state index < -0.39 is 0 Å². The molecule has 9 aromatic carbocycles. The number of nitrogens with one attached hydrogen (secondary N) is 1. The van der Waals surface area contributed by atoms with Gasteiger partial charge in [-0.1, -0.05) is 379 Å². The lowest BCUT2D eigenvalue weighted by Gasteiger charge is -2.29. The van der Waals surface area contributed by atoms with Crippen molar-refractivity contribution in [3.8, 4) is 5.75 Å². The van der Waals surface area contributed by atoms with Gasteiger partial charge in [0.15, 0.2) is 0 Å². The maximum atomic E-state index is 13.1. The van der Waals surface area contributed by atoms with Gasteiger partial charge in [0.05, 0.1) is 13.2 Å². The van der Waals surface area contributed by atoms with E-state index in [2.05, 4.69) is 365 Å². The van der Waals surface area contributed by atoms with Gasteiger partial charge in [-0.25, -0.2) is 4.39 Å². The molecule has 0 bridgehead atoms.